The summed E-state index contributed by atoms with van der Waals surface area (Å²) in [4.78, 5) is 2.47. The maximum Gasteiger partial charge on any atom is 0.0481 e. The van der Waals surface area contributed by atoms with E-state index in [0.29, 0.717) is 18.6 Å². The second kappa shape index (κ2) is 5.98. The van der Waals surface area contributed by atoms with Gasteiger partial charge >= 0.3 is 0 Å². The van der Waals surface area contributed by atoms with Gasteiger partial charge in [0.1, 0.15) is 0 Å². The molecule has 1 aromatic rings. The zero-order chi connectivity index (χ0) is 12.3. The predicted octanol–water partition coefficient (Wildman–Crippen LogP) is 3.32. The van der Waals surface area contributed by atoms with Crippen molar-refractivity contribution in [2.75, 3.05) is 13.6 Å². The number of rotatable bonds is 4. The van der Waals surface area contributed by atoms with Crippen LogP contribution in [-0.2, 0) is 0 Å². The molecule has 0 heterocycles. The van der Waals surface area contributed by atoms with E-state index in [2.05, 4.69) is 52.1 Å². The summed E-state index contributed by atoms with van der Waals surface area (Å²) in [5.41, 5.74) is 7.29. The smallest absolute Gasteiger partial charge is 0.0481 e. The normalized spacial score (nSPS) is 18.8. The first-order valence-electron chi connectivity index (χ1n) is 6.40. The number of benzene rings is 1. The molecule has 0 aliphatic heterocycles. The zero-order valence-electron chi connectivity index (χ0n) is 10.4. The van der Waals surface area contributed by atoms with Crippen LogP contribution in [0.3, 0.4) is 0 Å². The Morgan fingerprint density at radius 1 is 1.35 bits per heavy atom. The highest BCUT2D eigenvalue weighted by atomic mass is 79.9. The van der Waals surface area contributed by atoms with E-state index in [1.807, 2.05) is 0 Å². The van der Waals surface area contributed by atoms with Gasteiger partial charge in [-0.15, -0.1) is 0 Å². The van der Waals surface area contributed by atoms with Crippen molar-refractivity contribution in [2.24, 2.45) is 5.73 Å². The van der Waals surface area contributed by atoms with E-state index < -0.39 is 0 Å². The van der Waals surface area contributed by atoms with Crippen molar-refractivity contribution in [2.45, 2.75) is 37.8 Å². The molecule has 3 heteroatoms. The van der Waals surface area contributed by atoms with Crippen LogP contribution in [0.15, 0.2) is 28.7 Å². The Kier molecular flexibility index (Phi) is 4.60. The summed E-state index contributed by atoms with van der Waals surface area (Å²) in [6.45, 7) is 0.676. The Morgan fingerprint density at radius 3 is 2.59 bits per heavy atom. The molecule has 0 spiro atoms. The van der Waals surface area contributed by atoms with Crippen molar-refractivity contribution in [3.8, 4) is 0 Å². The first-order valence-corrected chi connectivity index (χ1v) is 7.19. The number of hydrogen-bond acceptors (Lipinski definition) is 2. The number of nitrogens with two attached hydrogens (primary N) is 1. The van der Waals surface area contributed by atoms with Gasteiger partial charge in [-0.2, -0.15) is 0 Å². The third kappa shape index (κ3) is 2.90. The van der Waals surface area contributed by atoms with Crippen LogP contribution < -0.4 is 5.73 Å². The summed E-state index contributed by atoms with van der Waals surface area (Å²) >= 11 is 3.63. The standard InChI is InChI=1S/C14H21BrN2/c1-17(11-6-2-3-7-11)14(10-16)12-8-4-5-9-13(12)15/h4-5,8-9,11,14H,2-3,6-7,10,16H2,1H3. The Morgan fingerprint density at radius 2 is 2.00 bits per heavy atom. The SMILES string of the molecule is CN(C1CCCC1)C(CN)c1ccccc1Br. The van der Waals surface area contributed by atoms with Gasteiger partial charge in [0.2, 0.25) is 0 Å². The van der Waals surface area contributed by atoms with Crippen LogP contribution in [0.25, 0.3) is 0 Å². The molecule has 94 valence electrons. The largest absolute Gasteiger partial charge is 0.329 e. The molecule has 0 aromatic heterocycles. The van der Waals surface area contributed by atoms with Crippen LogP contribution in [0, 0.1) is 0 Å². The zero-order valence-corrected chi connectivity index (χ0v) is 12.0. The van der Waals surface area contributed by atoms with Gasteiger partial charge in [0.05, 0.1) is 0 Å². The van der Waals surface area contributed by atoms with E-state index in [9.17, 15) is 0 Å². The lowest BCUT2D eigenvalue weighted by Gasteiger charge is -2.33. The fraction of sp³-hybridized carbons (Fsp3) is 0.571. The van der Waals surface area contributed by atoms with Crippen LogP contribution >= 0.6 is 15.9 Å². The Labute approximate surface area is 112 Å². The molecule has 1 unspecified atom stereocenters. The third-order valence-corrected chi connectivity index (χ3v) is 4.60. The quantitative estimate of drug-likeness (QED) is 0.923. The predicted molar refractivity (Wildman–Crippen MR) is 76.0 cm³/mol. The molecule has 1 aliphatic rings. The molecule has 2 N–H and O–H groups in total. The van der Waals surface area contributed by atoms with E-state index in [1.54, 1.807) is 0 Å². The molecule has 0 amide bonds. The highest BCUT2D eigenvalue weighted by Gasteiger charge is 2.26. The summed E-state index contributed by atoms with van der Waals surface area (Å²) in [6.07, 6.45) is 5.36. The minimum atomic E-state index is 0.327. The monoisotopic (exact) mass is 296 g/mol. The number of likely N-dealkylation sites (N-methyl/N-ethyl adjacent to an activating group) is 1. The Bertz CT molecular complexity index is 361. The highest BCUT2D eigenvalue weighted by Crippen LogP contribution is 2.32. The van der Waals surface area contributed by atoms with Gasteiger partial charge in [0.25, 0.3) is 0 Å². The molecule has 1 fully saturated rings. The summed E-state index contributed by atoms with van der Waals surface area (Å²) in [5, 5.41) is 0. The maximum absolute atomic E-state index is 5.98. The second-order valence-electron chi connectivity index (χ2n) is 4.88. The first kappa shape index (κ1) is 13.1. The van der Waals surface area contributed by atoms with Crippen LogP contribution in [0.2, 0.25) is 0 Å². The van der Waals surface area contributed by atoms with Gasteiger partial charge in [0, 0.05) is 23.1 Å². The first-order chi connectivity index (χ1) is 8.24. The molecule has 1 aromatic carbocycles. The maximum atomic E-state index is 5.98. The average molecular weight is 297 g/mol. The van der Waals surface area contributed by atoms with Crippen LogP contribution in [0.1, 0.15) is 37.3 Å². The minimum absolute atomic E-state index is 0.327. The number of hydrogen-bond donors (Lipinski definition) is 1. The van der Waals surface area contributed by atoms with Gasteiger partial charge in [-0.05, 0) is 31.5 Å². The fourth-order valence-corrected chi connectivity index (χ4v) is 3.37. The molecule has 0 radical (unpaired) electrons. The van der Waals surface area contributed by atoms with E-state index in [0.717, 1.165) is 0 Å². The lowest BCUT2D eigenvalue weighted by Crippen LogP contribution is -2.37. The van der Waals surface area contributed by atoms with Crippen LogP contribution in [-0.4, -0.2) is 24.5 Å². The van der Waals surface area contributed by atoms with Crippen molar-refractivity contribution in [1.29, 1.82) is 0 Å². The van der Waals surface area contributed by atoms with E-state index in [4.69, 9.17) is 5.73 Å². The number of nitrogens with zero attached hydrogens (tertiary/aromatic N) is 1. The molecular formula is C14H21BrN2. The van der Waals surface area contributed by atoms with Crippen molar-refractivity contribution in [3.63, 3.8) is 0 Å². The summed E-state index contributed by atoms with van der Waals surface area (Å²) in [7, 11) is 2.22. The molecule has 0 bridgehead atoms. The van der Waals surface area contributed by atoms with Crippen LogP contribution in [0.5, 0.6) is 0 Å². The molecule has 0 saturated heterocycles. The summed E-state index contributed by atoms with van der Waals surface area (Å²) in [5.74, 6) is 0. The molecule has 2 rings (SSSR count). The van der Waals surface area contributed by atoms with Gasteiger partial charge in [0.15, 0.2) is 0 Å². The van der Waals surface area contributed by atoms with Crippen molar-refractivity contribution in [1.82, 2.24) is 4.90 Å². The van der Waals surface area contributed by atoms with Crippen LogP contribution in [0.4, 0.5) is 0 Å². The third-order valence-electron chi connectivity index (χ3n) is 3.88. The molecule has 1 aliphatic carbocycles. The molecule has 1 saturated carbocycles. The van der Waals surface area contributed by atoms with Gasteiger partial charge in [-0.3, -0.25) is 4.90 Å². The Balaban J connectivity index is 2.18. The van der Waals surface area contributed by atoms with Crippen molar-refractivity contribution < 1.29 is 0 Å². The summed E-state index contributed by atoms with van der Waals surface area (Å²) in [6, 6.07) is 9.44. The lowest BCUT2D eigenvalue weighted by molar-refractivity contribution is 0.179. The van der Waals surface area contributed by atoms with E-state index in [1.165, 1.54) is 35.7 Å². The van der Waals surface area contributed by atoms with E-state index in [-0.39, 0.29) is 0 Å². The number of halogens is 1. The lowest BCUT2D eigenvalue weighted by atomic mass is 10.0. The van der Waals surface area contributed by atoms with Crippen molar-refractivity contribution >= 4 is 15.9 Å². The van der Waals surface area contributed by atoms with Gasteiger partial charge in [-0.25, -0.2) is 0 Å². The minimum Gasteiger partial charge on any atom is -0.329 e. The van der Waals surface area contributed by atoms with Crippen molar-refractivity contribution in [3.05, 3.63) is 34.3 Å². The topological polar surface area (TPSA) is 29.3 Å². The Hall–Kier alpha value is -0.380. The molecule has 17 heavy (non-hydrogen) atoms. The average Bonchev–Trinajstić information content (AvgIpc) is 2.86. The molecule has 2 nitrogen and oxygen atoms in total. The van der Waals surface area contributed by atoms with Gasteiger partial charge < -0.3 is 5.73 Å². The summed E-state index contributed by atoms with van der Waals surface area (Å²) < 4.78 is 1.17. The van der Waals surface area contributed by atoms with E-state index >= 15 is 0 Å². The molecule has 1 atom stereocenters. The second-order valence-corrected chi connectivity index (χ2v) is 5.73. The molecular weight excluding hydrogens is 276 g/mol. The highest BCUT2D eigenvalue weighted by molar-refractivity contribution is 9.10. The van der Waals surface area contributed by atoms with Gasteiger partial charge in [-0.1, -0.05) is 47.0 Å². The fourth-order valence-electron chi connectivity index (χ4n) is 2.82.